The molecule has 2 heteroatoms. The number of rotatable bonds is 3. The highest BCUT2D eigenvalue weighted by molar-refractivity contribution is 6.20. The normalized spacial score (nSPS) is 12.9. The molecule has 0 aliphatic heterocycles. The Kier molecular flexibility index (Phi) is 3.57. The summed E-state index contributed by atoms with van der Waals surface area (Å²) in [6, 6.07) is 8.35. The Labute approximate surface area is 78.7 Å². The Bertz CT molecular complexity index is 230. The summed E-state index contributed by atoms with van der Waals surface area (Å²) < 4.78 is 0. The molecule has 0 spiro atoms. The molecule has 0 fully saturated rings. The first kappa shape index (κ1) is 9.56. The lowest BCUT2D eigenvalue weighted by molar-refractivity contribution is 0.783. The quantitative estimate of drug-likeness (QED) is 0.561. The SMILES string of the molecule is CCc1ccc(C(Cl)NC)cc1. The van der Waals surface area contributed by atoms with E-state index in [-0.39, 0.29) is 5.50 Å². The van der Waals surface area contributed by atoms with Crippen LogP contribution in [0.15, 0.2) is 24.3 Å². The van der Waals surface area contributed by atoms with Crippen molar-refractivity contribution in [1.29, 1.82) is 0 Å². The standard InChI is InChI=1S/C10H14ClN/c1-3-8-4-6-9(7-5-8)10(11)12-2/h4-7,10,12H,3H2,1-2H3. The third-order valence-electron chi connectivity index (χ3n) is 1.93. The van der Waals surface area contributed by atoms with Crippen LogP contribution in [-0.4, -0.2) is 7.05 Å². The predicted molar refractivity (Wildman–Crippen MR) is 53.5 cm³/mol. The van der Waals surface area contributed by atoms with Crippen molar-refractivity contribution < 1.29 is 0 Å². The van der Waals surface area contributed by atoms with Crippen LogP contribution in [0.5, 0.6) is 0 Å². The second-order valence-corrected chi connectivity index (χ2v) is 3.18. The Morgan fingerprint density at radius 1 is 1.33 bits per heavy atom. The lowest BCUT2D eigenvalue weighted by Crippen LogP contribution is -2.09. The molecule has 1 unspecified atom stereocenters. The molecule has 12 heavy (non-hydrogen) atoms. The van der Waals surface area contributed by atoms with Gasteiger partial charge in [0.2, 0.25) is 0 Å². The molecule has 1 aromatic carbocycles. The van der Waals surface area contributed by atoms with Gasteiger partial charge in [-0.2, -0.15) is 0 Å². The van der Waals surface area contributed by atoms with E-state index in [2.05, 4.69) is 36.5 Å². The van der Waals surface area contributed by atoms with Gasteiger partial charge in [0.05, 0.1) is 0 Å². The minimum absolute atomic E-state index is 0.0732. The van der Waals surface area contributed by atoms with Crippen molar-refractivity contribution in [2.75, 3.05) is 7.05 Å². The van der Waals surface area contributed by atoms with Crippen LogP contribution in [0.2, 0.25) is 0 Å². The van der Waals surface area contributed by atoms with Crippen LogP contribution in [0.3, 0.4) is 0 Å². The molecule has 0 saturated carbocycles. The van der Waals surface area contributed by atoms with E-state index in [9.17, 15) is 0 Å². The molecule has 66 valence electrons. The van der Waals surface area contributed by atoms with Crippen molar-refractivity contribution in [3.05, 3.63) is 35.4 Å². The van der Waals surface area contributed by atoms with Crippen LogP contribution < -0.4 is 5.32 Å². The van der Waals surface area contributed by atoms with E-state index < -0.39 is 0 Å². The molecule has 1 atom stereocenters. The van der Waals surface area contributed by atoms with Gasteiger partial charge in [0.15, 0.2) is 0 Å². The molecular formula is C10H14ClN. The molecule has 1 nitrogen and oxygen atoms in total. The van der Waals surface area contributed by atoms with Crippen LogP contribution >= 0.6 is 11.6 Å². The summed E-state index contributed by atoms with van der Waals surface area (Å²) in [6.07, 6.45) is 1.08. The summed E-state index contributed by atoms with van der Waals surface area (Å²) in [4.78, 5) is 0. The fourth-order valence-corrected chi connectivity index (χ4v) is 1.23. The van der Waals surface area contributed by atoms with E-state index in [4.69, 9.17) is 11.6 Å². The van der Waals surface area contributed by atoms with Gasteiger partial charge in [-0.1, -0.05) is 31.2 Å². The van der Waals surface area contributed by atoms with Gasteiger partial charge in [0.1, 0.15) is 5.50 Å². The average Bonchev–Trinajstić information content (AvgIpc) is 2.17. The summed E-state index contributed by atoms with van der Waals surface area (Å²) in [7, 11) is 1.85. The minimum atomic E-state index is -0.0732. The summed E-state index contributed by atoms with van der Waals surface area (Å²) in [5.74, 6) is 0. The van der Waals surface area contributed by atoms with E-state index in [1.807, 2.05) is 7.05 Å². The first-order valence-corrected chi connectivity index (χ1v) is 4.61. The maximum atomic E-state index is 5.98. The number of benzene rings is 1. The lowest BCUT2D eigenvalue weighted by atomic mass is 10.1. The van der Waals surface area contributed by atoms with Crippen molar-refractivity contribution in [2.45, 2.75) is 18.8 Å². The highest BCUT2D eigenvalue weighted by atomic mass is 35.5. The molecule has 1 rings (SSSR count). The molecule has 1 aromatic rings. The second-order valence-electron chi connectivity index (χ2n) is 2.75. The van der Waals surface area contributed by atoms with Crippen molar-refractivity contribution in [3.63, 3.8) is 0 Å². The van der Waals surface area contributed by atoms with Crippen LogP contribution in [0, 0.1) is 0 Å². The second kappa shape index (κ2) is 4.48. The zero-order valence-electron chi connectivity index (χ0n) is 7.47. The van der Waals surface area contributed by atoms with Gasteiger partial charge in [-0.15, -0.1) is 11.6 Å². The molecule has 0 saturated heterocycles. The third-order valence-corrected chi connectivity index (χ3v) is 2.40. The lowest BCUT2D eigenvalue weighted by Gasteiger charge is -2.08. The zero-order chi connectivity index (χ0) is 8.97. The van der Waals surface area contributed by atoms with Crippen LogP contribution in [-0.2, 0) is 6.42 Å². The van der Waals surface area contributed by atoms with E-state index in [0.717, 1.165) is 12.0 Å². The maximum absolute atomic E-state index is 5.98. The summed E-state index contributed by atoms with van der Waals surface area (Å²) in [6.45, 7) is 2.14. The van der Waals surface area contributed by atoms with E-state index >= 15 is 0 Å². The number of aryl methyl sites for hydroxylation is 1. The van der Waals surface area contributed by atoms with E-state index in [0.29, 0.717) is 0 Å². The van der Waals surface area contributed by atoms with E-state index in [1.54, 1.807) is 0 Å². The Morgan fingerprint density at radius 2 is 1.92 bits per heavy atom. The largest absolute Gasteiger partial charge is 0.301 e. The monoisotopic (exact) mass is 183 g/mol. The number of alkyl halides is 1. The minimum Gasteiger partial charge on any atom is -0.301 e. The molecule has 0 aliphatic carbocycles. The van der Waals surface area contributed by atoms with Gasteiger partial charge >= 0.3 is 0 Å². The van der Waals surface area contributed by atoms with Gasteiger partial charge in [-0.05, 0) is 24.6 Å². The molecule has 0 aliphatic rings. The number of halogens is 1. The van der Waals surface area contributed by atoms with Crippen LogP contribution in [0.4, 0.5) is 0 Å². The van der Waals surface area contributed by atoms with Crippen molar-refractivity contribution in [3.8, 4) is 0 Å². The molecule has 0 aromatic heterocycles. The molecular weight excluding hydrogens is 170 g/mol. The van der Waals surface area contributed by atoms with Gasteiger partial charge in [-0.3, -0.25) is 0 Å². The van der Waals surface area contributed by atoms with Crippen LogP contribution in [0.1, 0.15) is 23.6 Å². The Balaban J connectivity index is 2.77. The third kappa shape index (κ3) is 2.23. The fourth-order valence-electron chi connectivity index (χ4n) is 1.09. The molecule has 0 heterocycles. The smallest absolute Gasteiger partial charge is 0.108 e. The van der Waals surface area contributed by atoms with Crippen molar-refractivity contribution in [2.24, 2.45) is 0 Å². The highest BCUT2D eigenvalue weighted by Crippen LogP contribution is 2.16. The molecule has 0 bridgehead atoms. The number of hydrogen-bond acceptors (Lipinski definition) is 1. The Hall–Kier alpha value is -0.530. The summed E-state index contributed by atoms with van der Waals surface area (Å²) >= 11 is 5.98. The van der Waals surface area contributed by atoms with Crippen molar-refractivity contribution >= 4 is 11.6 Å². The first-order valence-electron chi connectivity index (χ1n) is 4.18. The maximum Gasteiger partial charge on any atom is 0.108 e. The fraction of sp³-hybridized carbons (Fsp3) is 0.400. The summed E-state index contributed by atoms with van der Waals surface area (Å²) in [5, 5.41) is 2.98. The van der Waals surface area contributed by atoms with Gasteiger partial charge in [0.25, 0.3) is 0 Å². The number of nitrogens with one attached hydrogen (secondary N) is 1. The van der Waals surface area contributed by atoms with Gasteiger partial charge < -0.3 is 5.32 Å². The Morgan fingerprint density at radius 3 is 2.33 bits per heavy atom. The predicted octanol–water partition coefficient (Wildman–Crippen LogP) is 2.71. The van der Waals surface area contributed by atoms with Crippen molar-refractivity contribution in [1.82, 2.24) is 5.32 Å². The highest BCUT2D eigenvalue weighted by Gasteiger charge is 2.02. The molecule has 0 amide bonds. The molecule has 0 radical (unpaired) electrons. The van der Waals surface area contributed by atoms with Gasteiger partial charge in [-0.25, -0.2) is 0 Å². The first-order chi connectivity index (χ1) is 5.77. The van der Waals surface area contributed by atoms with Crippen LogP contribution in [0.25, 0.3) is 0 Å². The van der Waals surface area contributed by atoms with Gasteiger partial charge in [0, 0.05) is 0 Å². The summed E-state index contributed by atoms with van der Waals surface area (Å²) in [5.41, 5.74) is 2.39. The zero-order valence-corrected chi connectivity index (χ0v) is 8.23. The van der Waals surface area contributed by atoms with E-state index in [1.165, 1.54) is 5.56 Å². The average molecular weight is 184 g/mol. The topological polar surface area (TPSA) is 12.0 Å². The molecule has 1 N–H and O–H groups in total. The number of hydrogen-bond donors (Lipinski definition) is 1.